The summed E-state index contributed by atoms with van der Waals surface area (Å²) in [6.45, 7) is 2.60. The van der Waals surface area contributed by atoms with E-state index in [1.54, 1.807) is 0 Å². The molecule has 0 saturated heterocycles. The highest BCUT2D eigenvalue weighted by Crippen LogP contribution is 2.10. The quantitative estimate of drug-likeness (QED) is 0.548. The predicted molar refractivity (Wildman–Crippen MR) is 56.0 cm³/mol. The molecule has 0 aromatic rings. The normalized spacial score (nSPS) is 23.1. The summed E-state index contributed by atoms with van der Waals surface area (Å²) in [6.07, 6.45) is 7.80. The summed E-state index contributed by atoms with van der Waals surface area (Å²) in [4.78, 5) is 11.1. The zero-order valence-corrected chi connectivity index (χ0v) is 8.95. The summed E-state index contributed by atoms with van der Waals surface area (Å²) in [5, 5.41) is 3.38. The highest BCUT2D eigenvalue weighted by atomic mass is 16.5. The Kier molecular flexibility index (Phi) is 4.66. The van der Waals surface area contributed by atoms with Gasteiger partial charge in [0.05, 0.1) is 13.0 Å². The molecular formula is C11H19NO2. The minimum atomic E-state index is -0.135. The number of esters is 1. The first kappa shape index (κ1) is 11.2. The standard InChI is InChI=1S/C11H19NO2/c1-9(11(13)14-2)8-12-10-6-4-3-5-7-10/h3-4,9-10,12H,5-8H2,1-2H3. The Morgan fingerprint density at radius 1 is 1.64 bits per heavy atom. The van der Waals surface area contributed by atoms with E-state index < -0.39 is 0 Å². The van der Waals surface area contributed by atoms with Gasteiger partial charge in [-0.1, -0.05) is 19.1 Å². The number of hydrogen-bond donors (Lipinski definition) is 1. The Hall–Kier alpha value is -0.830. The van der Waals surface area contributed by atoms with Gasteiger partial charge in [-0.05, 0) is 19.3 Å². The molecule has 0 amide bonds. The van der Waals surface area contributed by atoms with Crippen LogP contribution in [0.2, 0.25) is 0 Å². The number of rotatable bonds is 4. The first-order valence-electron chi connectivity index (χ1n) is 5.20. The number of allylic oxidation sites excluding steroid dienone is 1. The fourth-order valence-electron chi connectivity index (χ4n) is 1.61. The van der Waals surface area contributed by atoms with Crippen LogP contribution in [0.1, 0.15) is 26.2 Å². The van der Waals surface area contributed by atoms with Gasteiger partial charge in [-0.15, -0.1) is 0 Å². The average molecular weight is 197 g/mol. The van der Waals surface area contributed by atoms with Crippen molar-refractivity contribution in [1.82, 2.24) is 5.32 Å². The van der Waals surface area contributed by atoms with Crippen molar-refractivity contribution in [2.75, 3.05) is 13.7 Å². The van der Waals surface area contributed by atoms with E-state index in [2.05, 4.69) is 22.2 Å². The van der Waals surface area contributed by atoms with Gasteiger partial charge in [-0.3, -0.25) is 4.79 Å². The van der Waals surface area contributed by atoms with Crippen LogP contribution in [0.25, 0.3) is 0 Å². The van der Waals surface area contributed by atoms with Crippen LogP contribution in [0.15, 0.2) is 12.2 Å². The number of nitrogens with one attached hydrogen (secondary N) is 1. The maximum atomic E-state index is 11.1. The van der Waals surface area contributed by atoms with Crippen LogP contribution in [0.5, 0.6) is 0 Å². The predicted octanol–water partition coefficient (Wildman–Crippen LogP) is 1.49. The average Bonchev–Trinajstić information content (AvgIpc) is 2.26. The van der Waals surface area contributed by atoms with Gasteiger partial charge in [0.1, 0.15) is 0 Å². The summed E-state index contributed by atoms with van der Waals surface area (Å²) in [5.41, 5.74) is 0. The molecule has 2 atom stereocenters. The Bertz CT molecular complexity index is 213. The van der Waals surface area contributed by atoms with Crippen LogP contribution >= 0.6 is 0 Å². The van der Waals surface area contributed by atoms with Crippen molar-refractivity contribution >= 4 is 5.97 Å². The molecule has 1 N–H and O–H groups in total. The maximum Gasteiger partial charge on any atom is 0.309 e. The molecule has 0 aromatic heterocycles. The van der Waals surface area contributed by atoms with Crippen LogP contribution < -0.4 is 5.32 Å². The lowest BCUT2D eigenvalue weighted by atomic mass is 10.0. The second-order valence-corrected chi connectivity index (χ2v) is 3.81. The Morgan fingerprint density at radius 3 is 3.00 bits per heavy atom. The molecule has 1 rings (SSSR count). The van der Waals surface area contributed by atoms with E-state index in [1.807, 2.05) is 6.92 Å². The van der Waals surface area contributed by atoms with Crippen LogP contribution in [0.3, 0.4) is 0 Å². The third kappa shape index (κ3) is 3.50. The van der Waals surface area contributed by atoms with Crippen molar-refractivity contribution in [2.45, 2.75) is 32.2 Å². The molecule has 0 aliphatic heterocycles. The third-order valence-corrected chi connectivity index (χ3v) is 2.59. The molecule has 3 heteroatoms. The number of hydrogen-bond acceptors (Lipinski definition) is 3. The molecule has 1 aliphatic carbocycles. The smallest absolute Gasteiger partial charge is 0.309 e. The molecule has 1 aliphatic rings. The van der Waals surface area contributed by atoms with Crippen LogP contribution in [0, 0.1) is 5.92 Å². The summed E-state index contributed by atoms with van der Waals surface area (Å²) < 4.78 is 4.66. The molecule has 0 bridgehead atoms. The molecular weight excluding hydrogens is 178 g/mol. The summed E-state index contributed by atoms with van der Waals surface area (Å²) in [6, 6.07) is 0.534. The SMILES string of the molecule is COC(=O)C(C)CNC1CC=CCC1. The van der Waals surface area contributed by atoms with Crippen LogP contribution in [-0.4, -0.2) is 25.7 Å². The van der Waals surface area contributed by atoms with E-state index in [1.165, 1.54) is 13.5 Å². The van der Waals surface area contributed by atoms with E-state index in [0.29, 0.717) is 12.6 Å². The van der Waals surface area contributed by atoms with Gasteiger partial charge >= 0.3 is 5.97 Å². The number of methoxy groups -OCH3 is 1. The summed E-state index contributed by atoms with van der Waals surface area (Å²) in [7, 11) is 1.43. The van der Waals surface area contributed by atoms with Crippen molar-refractivity contribution in [3.8, 4) is 0 Å². The molecule has 0 fully saturated rings. The van der Waals surface area contributed by atoms with E-state index in [9.17, 15) is 4.79 Å². The van der Waals surface area contributed by atoms with E-state index in [4.69, 9.17) is 0 Å². The van der Waals surface area contributed by atoms with Crippen molar-refractivity contribution < 1.29 is 9.53 Å². The molecule has 0 aromatic carbocycles. The molecule has 80 valence electrons. The first-order valence-corrected chi connectivity index (χ1v) is 5.20. The van der Waals surface area contributed by atoms with Crippen molar-refractivity contribution in [2.24, 2.45) is 5.92 Å². The van der Waals surface area contributed by atoms with Gasteiger partial charge in [0.15, 0.2) is 0 Å². The van der Waals surface area contributed by atoms with Gasteiger partial charge < -0.3 is 10.1 Å². The van der Waals surface area contributed by atoms with E-state index in [-0.39, 0.29) is 11.9 Å². The molecule has 0 saturated carbocycles. The van der Waals surface area contributed by atoms with Gasteiger partial charge in [0, 0.05) is 12.6 Å². The zero-order chi connectivity index (χ0) is 10.4. The molecule has 0 radical (unpaired) electrons. The third-order valence-electron chi connectivity index (χ3n) is 2.59. The fraction of sp³-hybridized carbons (Fsp3) is 0.727. The van der Waals surface area contributed by atoms with Crippen molar-refractivity contribution in [1.29, 1.82) is 0 Å². The molecule has 14 heavy (non-hydrogen) atoms. The Morgan fingerprint density at radius 2 is 2.43 bits per heavy atom. The Labute approximate surface area is 85.5 Å². The second kappa shape index (κ2) is 5.81. The maximum absolute atomic E-state index is 11.1. The lowest BCUT2D eigenvalue weighted by Crippen LogP contribution is -2.35. The van der Waals surface area contributed by atoms with Gasteiger partial charge in [-0.25, -0.2) is 0 Å². The van der Waals surface area contributed by atoms with E-state index in [0.717, 1.165) is 12.8 Å². The minimum Gasteiger partial charge on any atom is -0.469 e. The van der Waals surface area contributed by atoms with Crippen molar-refractivity contribution in [3.63, 3.8) is 0 Å². The van der Waals surface area contributed by atoms with E-state index >= 15 is 0 Å². The molecule has 0 spiro atoms. The van der Waals surface area contributed by atoms with Crippen LogP contribution in [-0.2, 0) is 9.53 Å². The van der Waals surface area contributed by atoms with Crippen LogP contribution in [0.4, 0.5) is 0 Å². The largest absolute Gasteiger partial charge is 0.469 e. The lowest BCUT2D eigenvalue weighted by molar-refractivity contribution is -0.144. The monoisotopic (exact) mass is 197 g/mol. The zero-order valence-electron chi connectivity index (χ0n) is 8.95. The highest BCUT2D eigenvalue weighted by molar-refractivity contribution is 5.72. The fourth-order valence-corrected chi connectivity index (χ4v) is 1.61. The van der Waals surface area contributed by atoms with Crippen molar-refractivity contribution in [3.05, 3.63) is 12.2 Å². The highest BCUT2D eigenvalue weighted by Gasteiger charge is 2.15. The number of carbonyl (C=O) groups excluding carboxylic acids is 1. The lowest BCUT2D eigenvalue weighted by Gasteiger charge is -2.20. The molecule has 0 heterocycles. The molecule has 3 nitrogen and oxygen atoms in total. The Balaban J connectivity index is 2.19. The number of carbonyl (C=O) groups is 1. The van der Waals surface area contributed by atoms with Gasteiger partial charge in [-0.2, -0.15) is 0 Å². The van der Waals surface area contributed by atoms with Gasteiger partial charge in [0.25, 0.3) is 0 Å². The summed E-state index contributed by atoms with van der Waals surface area (Å²) in [5.74, 6) is -0.185. The minimum absolute atomic E-state index is 0.0501. The first-order chi connectivity index (χ1) is 6.74. The summed E-state index contributed by atoms with van der Waals surface area (Å²) >= 11 is 0. The molecule has 2 unspecified atom stereocenters. The second-order valence-electron chi connectivity index (χ2n) is 3.81. The topological polar surface area (TPSA) is 38.3 Å². The number of ether oxygens (including phenoxy) is 1. The van der Waals surface area contributed by atoms with Gasteiger partial charge in [0.2, 0.25) is 0 Å².